The first-order chi connectivity index (χ1) is 24.8. The summed E-state index contributed by atoms with van der Waals surface area (Å²) < 4.78 is 2.41. The summed E-state index contributed by atoms with van der Waals surface area (Å²) in [6.07, 6.45) is 9.88. The normalized spacial score (nSPS) is 12.4. The predicted molar refractivity (Wildman–Crippen MR) is 212 cm³/mol. The number of rotatable bonds is 7. The van der Waals surface area contributed by atoms with E-state index in [1.807, 2.05) is 30.4 Å². The van der Waals surface area contributed by atoms with Crippen LogP contribution in [0.3, 0.4) is 0 Å². The average molecular weight is 640 g/mol. The fourth-order valence-electron chi connectivity index (χ4n) is 7.09. The zero-order chi connectivity index (χ0) is 33.3. The average Bonchev–Trinajstić information content (AvgIpc) is 3.30. The largest absolute Gasteiger partial charge is 0.356 e. The summed E-state index contributed by atoms with van der Waals surface area (Å²) in [5, 5.41) is 8.36. The summed E-state index contributed by atoms with van der Waals surface area (Å²) >= 11 is 0. The number of para-hydroxylation sites is 3. The monoisotopic (exact) mass is 639 g/mol. The second kappa shape index (κ2) is 12.7. The number of hydrogen-bond acceptors (Lipinski definition) is 2. The molecule has 50 heavy (non-hydrogen) atoms. The van der Waals surface area contributed by atoms with E-state index in [9.17, 15) is 0 Å². The van der Waals surface area contributed by atoms with Gasteiger partial charge in [-0.05, 0) is 96.1 Å². The SMILES string of the molecule is C1=CC=CC(Nc2ccc(-c3ccc(N(c4ccccc4)c4cc5c6ccccc6n(-c6ccccc6)c5c5ccccc45)cc3)cc2)=CC=1. The maximum Gasteiger partial charge on any atom is 0.0621 e. The van der Waals surface area contributed by atoms with Crippen molar-refractivity contribution < 1.29 is 0 Å². The van der Waals surface area contributed by atoms with Gasteiger partial charge in [-0.3, -0.25) is 0 Å². The van der Waals surface area contributed by atoms with Gasteiger partial charge in [0.05, 0.1) is 16.7 Å². The van der Waals surface area contributed by atoms with E-state index in [-0.39, 0.29) is 0 Å². The number of fused-ring (bicyclic) bond motifs is 5. The van der Waals surface area contributed by atoms with Crippen molar-refractivity contribution in [3.8, 4) is 16.8 Å². The van der Waals surface area contributed by atoms with Gasteiger partial charge in [-0.15, -0.1) is 5.73 Å². The van der Waals surface area contributed by atoms with Crippen molar-refractivity contribution in [3.63, 3.8) is 0 Å². The van der Waals surface area contributed by atoms with Crippen molar-refractivity contribution in [3.05, 3.63) is 206 Å². The number of nitrogens with zero attached hydrogens (tertiary/aromatic N) is 2. The Morgan fingerprint density at radius 1 is 0.520 bits per heavy atom. The van der Waals surface area contributed by atoms with E-state index in [1.165, 1.54) is 43.7 Å². The van der Waals surface area contributed by atoms with E-state index in [0.717, 1.165) is 34.1 Å². The number of nitrogens with one attached hydrogen (secondary N) is 1. The third-order valence-corrected chi connectivity index (χ3v) is 9.38. The van der Waals surface area contributed by atoms with Crippen LogP contribution in [0.15, 0.2) is 206 Å². The minimum absolute atomic E-state index is 1.03. The molecule has 0 radical (unpaired) electrons. The fraction of sp³-hybridized carbons (Fsp3) is 0. The Hall–Kier alpha value is -6.80. The minimum atomic E-state index is 1.03. The highest BCUT2D eigenvalue weighted by Crippen LogP contribution is 2.45. The number of benzene rings is 7. The molecule has 1 aliphatic rings. The van der Waals surface area contributed by atoms with Gasteiger partial charge in [0.25, 0.3) is 0 Å². The quantitative estimate of drug-likeness (QED) is 0.175. The molecular formula is C47H33N3. The van der Waals surface area contributed by atoms with Crippen molar-refractivity contribution in [2.24, 2.45) is 0 Å². The predicted octanol–water partition coefficient (Wildman–Crippen LogP) is 12.7. The van der Waals surface area contributed by atoms with Gasteiger partial charge in [-0.25, -0.2) is 0 Å². The van der Waals surface area contributed by atoms with Crippen LogP contribution >= 0.6 is 0 Å². The highest BCUT2D eigenvalue weighted by atomic mass is 15.1. The summed E-state index contributed by atoms with van der Waals surface area (Å²) in [4.78, 5) is 2.39. The van der Waals surface area contributed by atoms with Crippen molar-refractivity contribution in [1.29, 1.82) is 0 Å². The lowest BCUT2D eigenvalue weighted by Gasteiger charge is -2.27. The van der Waals surface area contributed by atoms with Gasteiger partial charge >= 0.3 is 0 Å². The second-order valence-electron chi connectivity index (χ2n) is 12.4. The Morgan fingerprint density at radius 3 is 1.90 bits per heavy atom. The summed E-state index contributed by atoms with van der Waals surface area (Å²) in [7, 11) is 0. The molecule has 1 N–H and O–H groups in total. The molecule has 3 nitrogen and oxygen atoms in total. The molecule has 0 amide bonds. The van der Waals surface area contributed by atoms with Crippen molar-refractivity contribution in [1.82, 2.24) is 4.57 Å². The molecule has 1 heterocycles. The highest BCUT2D eigenvalue weighted by Gasteiger charge is 2.21. The Bertz CT molecular complexity index is 2620. The number of aromatic nitrogens is 1. The number of hydrogen-bond donors (Lipinski definition) is 1. The molecule has 7 aromatic carbocycles. The standard InChI is InChI=1S/C47H33N3/c1-2-6-16-36(15-5-1)48-37-29-25-34(26-30-37)35-27-31-40(32-28-35)49(38-17-7-3-8-18-38)46-33-44-42-22-13-14-24-45(42)50(39-19-9-4-10-20-39)47(44)43-23-12-11-21-41(43)46/h1,3-33,48H. The molecule has 236 valence electrons. The van der Waals surface area contributed by atoms with Gasteiger partial charge in [0, 0.05) is 50.0 Å². The number of allylic oxidation sites excluding steroid dienone is 4. The number of anilines is 4. The van der Waals surface area contributed by atoms with Crippen LogP contribution < -0.4 is 10.2 Å². The molecule has 0 saturated carbocycles. The van der Waals surface area contributed by atoms with Gasteiger partial charge in [-0.2, -0.15) is 0 Å². The Morgan fingerprint density at radius 2 is 1.14 bits per heavy atom. The Labute approximate surface area is 291 Å². The van der Waals surface area contributed by atoms with E-state index in [4.69, 9.17) is 0 Å². The first-order valence-electron chi connectivity index (χ1n) is 16.9. The second-order valence-corrected chi connectivity index (χ2v) is 12.4. The molecule has 3 heteroatoms. The summed E-state index contributed by atoms with van der Waals surface area (Å²) in [5.41, 5.74) is 14.4. The first kappa shape index (κ1) is 29.3. The Kier molecular flexibility index (Phi) is 7.43. The molecule has 8 aromatic rings. The molecule has 0 fully saturated rings. The van der Waals surface area contributed by atoms with E-state index in [2.05, 4.69) is 184 Å². The molecule has 0 bridgehead atoms. The minimum Gasteiger partial charge on any atom is -0.356 e. The third-order valence-electron chi connectivity index (χ3n) is 9.38. The molecule has 0 saturated heterocycles. The van der Waals surface area contributed by atoms with Gasteiger partial charge in [0.1, 0.15) is 0 Å². The maximum atomic E-state index is 3.48. The molecule has 0 atom stereocenters. The van der Waals surface area contributed by atoms with Crippen LogP contribution in [0.5, 0.6) is 0 Å². The lowest BCUT2D eigenvalue weighted by molar-refractivity contribution is 1.19. The van der Waals surface area contributed by atoms with E-state index in [0.29, 0.717) is 0 Å². The lowest BCUT2D eigenvalue weighted by Crippen LogP contribution is -2.10. The van der Waals surface area contributed by atoms with Crippen LogP contribution in [-0.4, -0.2) is 4.57 Å². The summed E-state index contributed by atoms with van der Waals surface area (Å²) in [6.45, 7) is 0. The molecule has 0 aliphatic heterocycles. The zero-order valence-corrected chi connectivity index (χ0v) is 27.4. The van der Waals surface area contributed by atoms with Gasteiger partial charge in [-0.1, -0.05) is 109 Å². The van der Waals surface area contributed by atoms with Crippen LogP contribution in [-0.2, 0) is 0 Å². The van der Waals surface area contributed by atoms with Crippen LogP contribution in [0.1, 0.15) is 0 Å². The van der Waals surface area contributed by atoms with E-state index in [1.54, 1.807) is 0 Å². The van der Waals surface area contributed by atoms with Crippen molar-refractivity contribution >= 4 is 55.3 Å². The van der Waals surface area contributed by atoms with Crippen molar-refractivity contribution in [2.45, 2.75) is 0 Å². The zero-order valence-electron chi connectivity index (χ0n) is 27.4. The summed E-state index contributed by atoms with van der Waals surface area (Å²) in [5.74, 6) is 0. The molecule has 0 spiro atoms. The molecular weight excluding hydrogens is 607 g/mol. The smallest absolute Gasteiger partial charge is 0.0621 e. The molecule has 0 unspecified atom stereocenters. The van der Waals surface area contributed by atoms with Gasteiger partial charge < -0.3 is 14.8 Å². The van der Waals surface area contributed by atoms with Gasteiger partial charge in [0.15, 0.2) is 0 Å². The van der Waals surface area contributed by atoms with Crippen LogP contribution in [0.2, 0.25) is 0 Å². The van der Waals surface area contributed by atoms with Crippen LogP contribution in [0.4, 0.5) is 22.7 Å². The molecule has 9 rings (SSSR count). The third kappa shape index (κ3) is 5.29. The van der Waals surface area contributed by atoms with E-state index >= 15 is 0 Å². The van der Waals surface area contributed by atoms with E-state index < -0.39 is 0 Å². The van der Waals surface area contributed by atoms with Gasteiger partial charge in [0.2, 0.25) is 0 Å². The highest BCUT2D eigenvalue weighted by molar-refractivity contribution is 6.22. The van der Waals surface area contributed by atoms with Crippen LogP contribution in [0, 0.1) is 0 Å². The Balaban J connectivity index is 1.17. The lowest BCUT2D eigenvalue weighted by atomic mass is 10.0. The topological polar surface area (TPSA) is 20.2 Å². The van der Waals surface area contributed by atoms with Crippen LogP contribution in [0.25, 0.3) is 49.4 Å². The molecule has 1 aliphatic carbocycles. The molecule has 1 aromatic heterocycles. The maximum absolute atomic E-state index is 3.48. The summed E-state index contributed by atoms with van der Waals surface area (Å²) in [6, 6.07) is 58.9. The van der Waals surface area contributed by atoms with Crippen molar-refractivity contribution in [2.75, 3.05) is 10.2 Å². The first-order valence-corrected chi connectivity index (χ1v) is 16.9. The fourth-order valence-corrected chi connectivity index (χ4v) is 7.09.